The molecule has 0 heterocycles. The number of carbonyl (C=O) groups excluding carboxylic acids is 1. The second-order valence-corrected chi connectivity index (χ2v) is 5.17. The molecule has 0 aliphatic heterocycles. The molecule has 0 N–H and O–H groups in total. The summed E-state index contributed by atoms with van der Waals surface area (Å²) >= 11 is 0. The van der Waals surface area contributed by atoms with Gasteiger partial charge in [-0.2, -0.15) is 0 Å². The summed E-state index contributed by atoms with van der Waals surface area (Å²) in [6, 6.07) is 0. The van der Waals surface area contributed by atoms with Gasteiger partial charge in [-0.15, -0.1) is 0 Å². The smallest absolute Gasteiger partial charge is 0.161 e. The molecule has 0 bridgehead atoms. The van der Waals surface area contributed by atoms with Crippen LogP contribution >= 0.6 is 0 Å². The summed E-state index contributed by atoms with van der Waals surface area (Å²) in [7, 11) is 0. The van der Waals surface area contributed by atoms with Gasteiger partial charge >= 0.3 is 0 Å². The number of ketones is 1. The van der Waals surface area contributed by atoms with E-state index in [1.54, 1.807) is 6.08 Å². The normalized spacial score (nSPS) is 33.1. The van der Waals surface area contributed by atoms with Gasteiger partial charge in [0, 0.05) is 5.41 Å². The topological polar surface area (TPSA) is 17.1 Å². The minimum atomic E-state index is -0.0680. The van der Waals surface area contributed by atoms with Crippen molar-refractivity contribution >= 4 is 5.78 Å². The minimum Gasteiger partial charge on any atom is -0.294 e. The summed E-state index contributed by atoms with van der Waals surface area (Å²) in [4.78, 5) is 11.8. The molecule has 0 aromatic heterocycles. The van der Waals surface area contributed by atoms with Gasteiger partial charge in [-0.25, -0.2) is 0 Å². The third-order valence-corrected chi connectivity index (χ3v) is 3.64. The van der Waals surface area contributed by atoms with Crippen LogP contribution in [0.1, 0.15) is 47.0 Å². The summed E-state index contributed by atoms with van der Waals surface area (Å²) in [6.07, 6.45) is 6.96. The molecule has 0 aromatic rings. The first-order valence-electron chi connectivity index (χ1n) is 5.67. The molecule has 1 saturated carbocycles. The third kappa shape index (κ3) is 2.26. The second kappa shape index (κ2) is 4.29. The molecule has 1 fully saturated rings. The van der Waals surface area contributed by atoms with E-state index in [0.717, 1.165) is 24.7 Å². The zero-order chi connectivity index (χ0) is 10.8. The second-order valence-electron chi connectivity index (χ2n) is 5.17. The van der Waals surface area contributed by atoms with Crippen molar-refractivity contribution in [1.82, 2.24) is 0 Å². The maximum atomic E-state index is 11.8. The van der Waals surface area contributed by atoms with Gasteiger partial charge in [0.2, 0.25) is 0 Å². The van der Waals surface area contributed by atoms with E-state index < -0.39 is 0 Å². The Hall–Kier alpha value is -0.590. The maximum Gasteiger partial charge on any atom is 0.161 e. The van der Waals surface area contributed by atoms with Gasteiger partial charge in [-0.3, -0.25) is 4.79 Å². The maximum absolute atomic E-state index is 11.8. The van der Waals surface area contributed by atoms with Crippen molar-refractivity contribution in [1.29, 1.82) is 0 Å². The highest BCUT2D eigenvalue weighted by Crippen LogP contribution is 2.45. The lowest BCUT2D eigenvalue weighted by atomic mass is 9.81. The fourth-order valence-electron chi connectivity index (χ4n) is 2.43. The van der Waals surface area contributed by atoms with Crippen LogP contribution in [0, 0.1) is 17.3 Å². The van der Waals surface area contributed by atoms with Gasteiger partial charge in [0.05, 0.1) is 0 Å². The van der Waals surface area contributed by atoms with E-state index in [2.05, 4.69) is 20.8 Å². The standard InChI is InChI=1S/C13H22O/c1-5-6-12(14)13(4)8-7-11(9-13)10(2)3/h5-6,10-11H,7-9H2,1-4H3/b6-5-/t11-,13+/m0/s1. The quantitative estimate of drug-likeness (QED) is 0.627. The lowest BCUT2D eigenvalue weighted by Gasteiger charge is -2.21. The number of hydrogen-bond acceptors (Lipinski definition) is 1. The molecule has 1 aliphatic rings. The minimum absolute atomic E-state index is 0.0680. The molecule has 0 saturated heterocycles. The average Bonchev–Trinajstić information content (AvgIpc) is 2.50. The molecule has 0 aromatic carbocycles. The fraction of sp³-hybridized carbons (Fsp3) is 0.769. The van der Waals surface area contributed by atoms with Gasteiger partial charge in [0.1, 0.15) is 0 Å². The Morgan fingerprint density at radius 1 is 1.50 bits per heavy atom. The number of allylic oxidation sites excluding steroid dienone is 2. The zero-order valence-corrected chi connectivity index (χ0v) is 9.84. The van der Waals surface area contributed by atoms with Crippen molar-refractivity contribution in [2.24, 2.45) is 17.3 Å². The Kier molecular flexibility index (Phi) is 3.52. The molecule has 1 nitrogen and oxygen atoms in total. The molecule has 0 radical (unpaired) electrons. The summed E-state index contributed by atoms with van der Waals surface area (Å²) in [5.74, 6) is 1.78. The predicted molar refractivity (Wildman–Crippen MR) is 60.1 cm³/mol. The lowest BCUT2D eigenvalue weighted by Crippen LogP contribution is -2.23. The molecule has 1 heteroatoms. The number of rotatable bonds is 3. The van der Waals surface area contributed by atoms with Crippen molar-refractivity contribution in [2.45, 2.75) is 47.0 Å². The van der Waals surface area contributed by atoms with Crippen molar-refractivity contribution in [3.05, 3.63) is 12.2 Å². The summed E-state index contributed by atoms with van der Waals surface area (Å²) in [5, 5.41) is 0. The molecule has 0 spiro atoms. The molecule has 1 aliphatic carbocycles. The van der Waals surface area contributed by atoms with Crippen LogP contribution in [0.4, 0.5) is 0 Å². The first kappa shape index (κ1) is 11.5. The zero-order valence-electron chi connectivity index (χ0n) is 9.84. The Balaban J connectivity index is 2.66. The third-order valence-electron chi connectivity index (χ3n) is 3.64. The highest BCUT2D eigenvalue weighted by molar-refractivity contribution is 5.94. The van der Waals surface area contributed by atoms with Crippen LogP contribution in [0.25, 0.3) is 0 Å². The summed E-state index contributed by atoms with van der Waals surface area (Å²) in [6.45, 7) is 8.56. The average molecular weight is 194 g/mol. The van der Waals surface area contributed by atoms with Crippen molar-refractivity contribution in [2.75, 3.05) is 0 Å². The van der Waals surface area contributed by atoms with E-state index >= 15 is 0 Å². The lowest BCUT2D eigenvalue weighted by molar-refractivity contribution is -0.122. The summed E-state index contributed by atoms with van der Waals surface area (Å²) in [5.41, 5.74) is -0.0680. The Morgan fingerprint density at radius 2 is 2.14 bits per heavy atom. The van der Waals surface area contributed by atoms with Crippen LogP contribution in [0.2, 0.25) is 0 Å². The van der Waals surface area contributed by atoms with Crippen molar-refractivity contribution in [3.8, 4) is 0 Å². The number of carbonyl (C=O) groups is 1. The van der Waals surface area contributed by atoms with Gasteiger partial charge in [-0.05, 0) is 44.1 Å². The van der Waals surface area contributed by atoms with E-state index in [-0.39, 0.29) is 5.41 Å². The molecule has 80 valence electrons. The van der Waals surface area contributed by atoms with E-state index in [0.29, 0.717) is 5.78 Å². The fourth-order valence-corrected chi connectivity index (χ4v) is 2.43. The predicted octanol–water partition coefficient (Wildman–Crippen LogP) is 3.59. The van der Waals surface area contributed by atoms with Gasteiger partial charge in [-0.1, -0.05) is 26.8 Å². The molecule has 14 heavy (non-hydrogen) atoms. The Labute approximate surface area is 87.6 Å². The Bertz CT molecular complexity index is 240. The van der Waals surface area contributed by atoms with Crippen LogP contribution < -0.4 is 0 Å². The van der Waals surface area contributed by atoms with Gasteiger partial charge in [0.15, 0.2) is 5.78 Å². The first-order chi connectivity index (χ1) is 6.49. The molecular weight excluding hydrogens is 172 g/mol. The number of hydrogen-bond donors (Lipinski definition) is 0. The van der Waals surface area contributed by atoms with Crippen LogP contribution in [-0.2, 0) is 4.79 Å². The molecule has 0 unspecified atom stereocenters. The first-order valence-corrected chi connectivity index (χ1v) is 5.67. The Morgan fingerprint density at radius 3 is 2.57 bits per heavy atom. The van der Waals surface area contributed by atoms with E-state index in [1.807, 2.05) is 13.0 Å². The van der Waals surface area contributed by atoms with Crippen LogP contribution in [0.5, 0.6) is 0 Å². The highest BCUT2D eigenvalue weighted by atomic mass is 16.1. The van der Waals surface area contributed by atoms with E-state index in [9.17, 15) is 4.79 Å². The van der Waals surface area contributed by atoms with Crippen LogP contribution in [0.3, 0.4) is 0 Å². The molecular formula is C13H22O. The SMILES string of the molecule is C/C=C\C(=O)[C@]1(C)CC[C@H](C(C)C)C1. The molecule has 2 atom stereocenters. The van der Waals surface area contributed by atoms with Crippen LogP contribution in [-0.4, -0.2) is 5.78 Å². The largest absolute Gasteiger partial charge is 0.294 e. The molecule has 0 amide bonds. The van der Waals surface area contributed by atoms with E-state index in [1.165, 1.54) is 6.42 Å². The van der Waals surface area contributed by atoms with Crippen LogP contribution in [0.15, 0.2) is 12.2 Å². The summed E-state index contributed by atoms with van der Waals surface area (Å²) < 4.78 is 0. The van der Waals surface area contributed by atoms with Gasteiger partial charge < -0.3 is 0 Å². The van der Waals surface area contributed by atoms with E-state index in [4.69, 9.17) is 0 Å². The van der Waals surface area contributed by atoms with Crippen molar-refractivity contribution < 1.29 is 4.79 Å². The highest BCUT2D eigenvalue weighted by Gasteiger charge is 2.40. The monoisotopic (exact) mass is 194 g/mol. The van der Waals surface area contributed by atoms with Crippen molar-refractivity contribution in [3.63, 3.8) is 0 Å². The molecule has 1 rings (SSSR count). The van der Waals surface area contributed by atoms with Gasteiger partial charge in [0.25, 0.3) is 0 Å².